The molecule has 0 radical (unpaired) electrons. The van der Waals surface area contributed by atoms with Crippen LogP contribution in [0.1, 0.15) is 27.7 Å². The molecule has 0 heterocycles. The fourth-order valence-corrected chi connectivity index (χ4v) is 2.38. The highest BCUT2D eigenvalue weighted by molar-refractivity contribution is 7.59. The van der Waals surface area contributed by atoms with Crippen molar-refractivity contribution < 1.29 is 13.6 Å². The molecule has 0 saturated carbocycles. The van der Waals surface area contributed by atoms with E-state index in [4.69, 9.17) is 9.05 Å². The molecule has 0 spiro atoms. The Morgan fingerprint density at radius 1 is 1.07 bits per heavy atom. The van der Waals surface area contributed by atoms with Gasteiger partial charge in [0.2, 0.25) is 0 Å². The van der Waals surface area contributed by atoms with Gasteiger partial charge in [-0.2, -0.15) is 0 Å². The molecule has 0 atom stereocenters. The lowest BCUT2D eigenvalue weighted by atomic mass is 10.5. The van der Waals surface area contributed by atoms with Gasteiger partial charge in [0.1, 0.15) is 0 Å². The molecule has 0 aromatic carbocycles. The molecule has 5 heteroatoms. The topological polar surface area (TPSA) is 38.8 Å². The molecule has 0 bridgehead atoms. The van der Waals surface area contributed by atoms with Gasteiger partial charge >= 0.3 is 7.60 Å². The smallest absolute Gasteiger partial charge is 0.338 e. The van der Waals surface area contributed by atoms with E-state index < -0.39 is 7.60 Å². The maximum absolute atomic E-state index is 12.1. The molecule has 0 aliphatic heterocycles. The van der Waals surface area contributed by atoms with Gasteiger partial charge < -0.3 is 4.90 Å². The summed E-state index contributed by atoms with van der Waals surface area (Å²) < 4.78 is 22.6. The number of nitrogens with zero attached hydrogens (tertiary/aromatic N) is 1. The van der Waals surface area contributed by atoms with E-state index in [0.717, 1.165) is 0 Å². The second-order valence-corrected chi connectivity index (χ2v) is 5.56. The van der Waals surface area contributed by atoms with Crippen LogP contribution in [0.4, 0.5) is 0 Å². The normalized spacial score (nSPS) is 11.5. The van der Waals surface area contributed by atoms with E-state index in [2.05, 4.69) is 11.7 Å². The minimum Gasteiger partial charge on any atom is -0.338 e. The van der Waals surface area contributed by atoms with Crippen LogP contribution in [0.15, 0.2) is 0 Å². The standard InChI is InChI=1S/C10H20NO3P/c1-9(2)13-15(12,14-10(3)4)8-7-11(5)6/h9-10H,1-6H3. The van der Waals surface area contributed by atoms with Crippen molar-refractivity contribution in [1.29, 1.82) is 0 Å². The van der Waals surface area contributed by atoms with E-state index in [9.17, 15) is 4.57 Å². The summed E-state index contributed by atoms with van der Waals surface area (Å²) in [6.45, 7) is 7.20. The molecular formula is C10H20NO3P. The predicted molar refractivity (Wildman–Crippen MR) is 61.5 cm³/mol. The van der Waals surface area contributed by atoms with Gasteiger partial charge in [-0.1, -0.05) is 0 Å². The van der Waals surface area contributed by atoms with Crippen LogP contribution < -0.4 is 0 Å². The molecule has 0 saturated heterocycles. The third kappa shape index (κ3) is 7.44. The maximum atomic E-state index is 12.1. The molecule has 15 heavy (non-hydrogen) atoms. The fraction of sp³-hybridized carbons (Fsp3) is 0.800. The minimum atomic E-state index is -3.29. The quantitative estimate of drug-likeness (QED) is 0.425. The van der Waals surface area contributed by atoms with Gasteiger partial charge in [0.25, 0.3) is 0 Å². The Balaban J connectivity index is 4.73. The van der Waals surface area contributed by atoms with Crippen molar-refractivity contribution >= 4 is 7.60 Å². The van der Waals surface area contributed by atoms with E-state index in [-0.39, 0.29) is 12.2 Å². The first kappa shape index (κ1) is 14.5. The van der Waals surface area contributed by atoms with Crippen molar-refractivity contribution in [3.63, 3.8) is 0 Å². The molecule has 0 unspecified atom stereocenters. The molecule has 0 N–H and O–H groups in total. The summed E-state index contributed by atoms with van der Waals surface area (Å²) in [5, 5.41) is 0. The SMILES string of the molecule is CC(C)OP(=O)(C#CN(C)C)OC(C)C. The molecule has 88 valence electrons. The number of rotatable bonds is 4. The monoisotopic (exact) mass is 233 g/mol. The van der Waals surface area contributed by atoms with Crippen molar-refractivity contribution in [1.82, 2.24) is 4.90 Å². The van der Waals surface area contributed by atoms with Crippen molar-refractivity contribution in [2.24, 2.45) is 0 Å². The summed E-state index contributed by atoms with van der Waals surface area (Å²) in [6.07, 6.45) is -0.350. The molecule has 0 rings (SSSR count). The summed E-state index contributed by atoms with van der Waals surface area (Å²) in [4.78, 5) is 1.61. The first-order valence-electron chi connectivity index (χ1n) is 4.92. The second-order valence-electron chi connectivity index (χ2n) is 3.92. The molecule has 0 amide bonds. The molecule has 0 aliphatic rings. The minimum absolute atomic E-state index is 0.175. The first-order valence-corrected chi connectivity index (χ1v) is 6.46. The zero-order chi connectivity index (χ0) is 12.1. The van der Waals surface area contributed by atoms with Gasteiger partial charge in [-0.15, -0.1) is 0 Å². The highest BCUT2D eigenvalue weighted by Gasteiger charge is 2.25. The Morgan fingerprint density at radius 3 is 1.73 bits per heavy atom. The lowest BCUT2D eigenvalue weighted by molar-refractivity contribution is 0.150. The predicted octanol–water partition coefficient (Wildman–Crippen LogP) is 2.51. The average molecular weight is 233 g/mol. The molecular weight excluding hydrogens is 213 g/mol. The third-order valence-electron chi connectivity index (χ3n) is 1.11. The molecule has 0 aromatic heterocycles. The van der Waals surface area contributed by atoms with Crippen LogP contribution in [0.25, 0.3) is 0 Å². The van der Waals surface area contributed by atoms with Gasteiger partial charge in [0.15, 0.2) is 0 Å². The summed E-state index contributed by atoms with van der Waals surface area (Å²) >= 11 is 0. The largest absolute Gasteiger partial charge is 0.407 e. The summed E-state index contributed by atoms with van der Waals surface area (Å²) in [5.74, 6) is 0. The van der Waals surface area contributed by atoms with Crippen LogP contribution in [0.3, 0.4) is 0 Å². The average Bonchev–Trinajstić information content (AvgIpc) is 1.97. The van der Waals surface area contributed by atoms with Gasteiger partial charge in [0, 0.05) is 25.8 Å². The fourth-order valence-electron chi connectivity index (χ4n) is 0.794. The van der Waals surface area contributed by atoms with Gasteiger partial charge in [-0.3, -0.25) is 9.05 Å². The van der Waals surface area contributed by atoms with Crippen molar-refractivity contribution in [3.05, 3.63) is 0 Å². The van der Waals surface area contributed by atoms with Gasteiger partial charge in [-0.25, -0.2) is 4.57 Å². The van der Waals surface area contributed by atoms with Crippen LogP contribution >= 0.6 is 7.60 Å². The van der Waals surface area contributed by atoms with Gasteiger partial charge in [-0.05, 0) is 27.7 Å². The zero-order valence-electron chi connectivity index (χ0n) is 10.3. The number of hydrogen-bond acceptors (Lipinski definition) is 4. The van der Waals surface area contributed by atoms with Crippen LogP contribution in [0.5, 0.6) is 0 Å². The molecule has 0 fully saturated rings. The zero-order valence-corrected chi connectivity index (χ0v) is 11.2. The Bertz CT molecular complexity index is 275. The van der Waals surface area contributed by atoms with Crippen molar-refractivity contribution in [3.8, 4) is 11.7 Å². The summed E-state index contributed by atoms with van der Waals surface area (Å²) in [6, 6.07) is 2.67. The van der Waals surface area contributed by atoms with E-state index >= 15 is 0 Å². The third-order valence-corrected chi connectivity index (χ3v) is 2.88. The maximum Gasteiger partial charge on any atom is 0.407 e. The Labute approximate surface area is 92.5 Å². The molecule has 0 aromatic rings. The van der Waals surface area contributed by atoms with Gasteiger partial charge in [0.05, 0.1) is 12.2 Å². The molecule has 4 nitrogen and oxygen atoms in total. The van der Waals surface area contributed by atoms with Crippen molar-refractivity contribution in [2.75, 3.05) is 14.1 Å². The second kappa shape index (κ2) is 6.17. The lowest BCUT2D eigenvalue weighted by Gasteiger charge is -2.17. The summed E-state index contributed by atoms with van der Waals surface area (Å²) in [5.41, 5.74) is 2.55. The Hall–Kier alpha value is -0.490. The van der Waals surface area contributed by atoms with Crippen molar-refractivity contribution in [2.45, 2.75) is 39.9 Å². The van der Waals surface area contributed by atoms with Crippen LogP contribution in [-0.4, -0.2) is 31.2 Å². The number of hydrogen-bond donors (Lipinski definition) is 0. The summed E-state index contributed by atoms with van der Waals surface area (Å²) in [7, 11) is 0.244. The van der Waals surface area contributed by atoms with Crippen LogP contribution in [0.2, 0.25) is 0 Å². The first-order chi connectivity index (χ1) is 6.75. The Kier molecular flexibility index (Phi) is 5.97. The van der Waals surface area contributed by atoms with E-state index in [0.29, 0.717) is 0 Å². The highest BCUT2D eigenvalue weighted by Crippen LogP contribution is 2.49. The lowest BCUT2D eigenvalue weighted by Crippen LogP contribution is -2.08. The van der Waals surface area contributed by atoms with E-state index in [1.807, 2.05) is 0 Å². The molecule has 0 aliphatic carbocycles. The van der Waals surface area contributed by atoms with Crippen LogP contribution in [-0.2, 0) is 13.6 Å². The highest BCUT2D eigenvalue weighted by atomic mass is 31.2. The van der Waals surface area contributed by atoms with E-state index in [1.165, 1.54) is 0 Å². The van der Waals surface area contributed by atoms with Crippen LogP contribution in [0, 0.1) is 11.7 Å². The Morgan fingerprint density at radius 2 is 1.47 bits per heavy atom. The van der Waals surface area contributed by atoms with E-state index in [1.54, 1.807) is 46.7 Å².